The zero-order chi connectivity index (χ0) is 16.9. The van der Waals surface area contributed by atoms with Crippen LogP contribution in [0.1, 0.15) is 17.3 Å². The van der Waals surface area contributed by atoms with Gasteiger partial charge >= 0.3 is 5.97 Å². The molecule has 0 fully saturated rings. The van der Waals surface area contributed by atoms with Crippen molar-refractivity contribution in [1.29, 1.82) is 0 Å². The zero-order valence-electron chi connectivity index (χ0n) is 12.2. The van der Waals surface area contributed by atoms with E-state index in [1.54, 1.807) is 0 Å². The maximum Gasteiger partial charge on any atom is 0.331 e. The molecule has 0 aromatic heterocycles. The van der Waals surface area contributed by atoms with Crippen molar-refractivity contribution in [3.8, 4) is 5.75 Å². The number of nitro benzene ring substituents is 1. The van der Waals surface area contributed by atoms with Crippen molar-refractivity contribution in [2.24, 2.45) is 0 Å². The number of hydrogen-bond acceptors (Lipinski definition) is 7. The van der Waals surface area contributed by atoms with Crippen molar-refractivity contribution >= 4 is 17.6 Å². The van der Waals surface area contributed by atoms with Crippen LogP contribution >= 0.6 is 0 Å². The largest absolute Gasteiger partial charge is 0.496 e. The summed E-state index contributed by atoms with van der Waals surface area (Å²) in [5, 5.41) is 22.5. The summed E-state index contributed by atoms with van der Waals surface area (Å²) in [5.74, 6) is -1.58. The second kappa shape index (κ2) is 7.36. The summed E-state index contributed by atoms with van der Waals surface area (Å²) in [6, 6.07) is 2.15. The molecule has 0 spiro atoms. The van der Waals surface area contributed by atoms with E-state index in [1.807, 2.05) is 0 Å². The number of nitrogens with one attached hydrogen (secondary N) is 1. The first-order valence-electron chi connectivity index (χ1n) is 6.21. The number of methoxy groups -OCH3 is 2. The van der Waals surface area contributed by atoms with E-state index < -0.39 is 28.9 Å². The van der Waals surface area contributed by atoms with E-state index >= 15 is 0 Å². The van der Waals surface area contributed by atoms with Crippen molar-refractivity contribution in [2.75, 3.05) is 14.2 Å². The van der Waals surface area contributed by atoms with E-state index in [4.69, 9.17) is 4.74 Å². The molecule has 1 amide bonds. The van der Waals surface area contributed by atoms with Crippen molar-refractivity contribution in [1.82, 2.24) is 5.32 Å². The summed E-state index contributed by atoms with van der Waals surface area (Å²) in [6.07, 6.45) is -1.18. The molecule has 1 rings (SSSR count). The van der Waals surface area contributed by atoms with Crippen LogP contribution in [0.2, 0.25) is 0 Å². The number of nitro groups is 1. The molecule has 0 saturated heterocycles. The first-order valence-corrected chi connectivity index (χ1v) is 6.21. The summed E-state index contributed by atoms with van der Waals surface area (Å²) in [4.78, 5) is 33.7. The topological polar surface area (TPSA) is 128 Å². The van der Waals surface area contributed by atoms with E-state index in [0.717, 1.165) is 19.2 Å². The average molecular weight is 312 g/mol. The lowest BCUT2D eigenvalue weighted by Crippen LogP contribution is -2.48. The van der Waals surface area contributed by atoms with Gasteiger partial charge in [0.25, 0.3) is 11.6 Å². The molecule has 0 unspecified atom stereocenters. The van der Waals surface area contributed by atoms with E-state index in [-0.39, 0.29) is 17.0 Å². The van der Waals surface area contributed by atoms with Crippen molar-refractivity contribution in [3.63, 3.8) is 0 Å². The van der Waals surface area contributed by atoms with Gasteiger partial charge in [0.05, 0.1) is 36.9 Å². The maximum absolute atomic E-state index is 12.2. The minimum atomic E-state index is -1.27. The molecule has 0 aliphatic carbocycles. The predicted octanol–water partition coefficient (Wildman–Crippen LogP) is 0.256. The van der Waals surface area contributed by atoms with Crippen LogP contribution in [-0.4, -0.2) is 48.3 Å². The van der Waals surface area contributed by atoms with Gasteiger partial charge in [-0.25, -0.2) is 4.79 Å². The van der Waals surface area contributed by atoms with Crippen LogP contribution < -0.4 is 10.1 Å². The van der Waals surface area contributed by atoms with Crippen LogP contribution in [0.3, 0.4) is 0 Å². The Morgan fingerprint density at radius 2 is 2.00 bits per heavy atom. The van der Waals surface area contributed by atoms with Crippen molar-refractivity contribution < 1.29 is 29.1 Å². The minimum Gasteiger partial charge on any atom is -0.496 e. The van der Waals surface area contributed by atoms with Crippen LogP contribution in [0.15, 0.2) is 18.2 Å². The van der Waals surface area contributed by atoms with Crippen molar-refractivity contribution in [2.45, 2.75) is 19.1 Å². The molecule has 120 valence electrons. The van der Waals surface area contributed by atoms with Crippen LogP contribution in [0.5, 0.6) is 5.75 Å². The summed E-state index contributed by atoms with van der Waals surface area (Å²) in [6.45, 7) is 1.31. The second-order valence-corrected chi connectivity index (χ2v) is 4.36. The molecule has 1 aromatic carbocycles. The Bertz CT molecular complexity index is 586. The van der Waals surface area contributed by atoms with E-state index in [0.29, 0.717) is 0 Å². The summed E-state index contributed by atoms with van der Waals surface area (Å²) in [7, 11) is 2.37. The van der Waals surface area contributed by atoms with Crippen LogP contribution in [-0.2, 0) is 9.53 Å². The third-order valence-corrected chi connectivity index (χ3v) is 2.86. The number of benzene rings is 1. The standard InChI is InChI=1S/C13H16N2O7/c1-7(16)11(13(18)22-3)14-12(17)9-5-4-8(15(19)20)6-10(9)21-2/h4-7,11,16H,1-3H3,(H,14,17)/t7-,11+/m1/s1. The Labute approximate surface area is 126 Å². The maximum atomic E-state index is 12.2. The summed E-state index contributed by atoms with van der Waals surface area (Å²) >= 11 is 0. The van der Waals surface area contributed by atoms with Gasteiger partial charge in [0.15, 0.2) is 6.04 Å². The zero-order valence-corrected chi connectivity index (χ0v) is 12.2. The monoisotopic (exact) mass is 312 g/mol. The number of amides is 1. The number of aliphatic hydroxyl groups is 1. The van der Waals surface area contributed by atoms with Gasteiger partial charge in [0.2, 0.25) is 0 Å². The SMILES string of the molecule is COC(=O)[C@@H](NC(=O)c1ccc([N+](=O)[O-])cc1OC)[C@@H](C)O. The lowest BCUT2D eigenvalue weighted by Gasteiger charge is -2.19. The highest BCUT2D eigenvalue weighted by atomic mass is 16.6. The molecule has 0 heterocycles. The number of carbonyl (C=O) groups is 2. The third kappa shape index (κ3) is 3.92. The Kier molecular flexibility index (Phi) is 5.81. The normalized spacial score (nSPS) is 12.9. The number of non-ortho nitro benzene ring substituents is 1. The third-order valence-electron chi connectivity index (χ3n) is 2.86. The molecule has 0 aliphatic rings. The van der Waals surface area contributed by atoms with Gasteiger partial charge in [-0.3, -0.25) is 14.9 Å². The van der Waals surface area contributed by atoms with Gasteiger partial charge in [-0.05, 0) is 13.0 Å². The molecule has 0 saturated carbocycles. The highest BCUT2D eigenvalue weighted by molar-refractivity contribution is 5.99. The number of aliphatic hydroxyl groups excluding tert-OH is 1. The first-order chi connectivity index (χ1) is 10.3. The molecule has 0 aliphatic heterocycles. The Morgan fingerprint density at radius 1 is 1.36 bits per heavy atom. The molecule has 0 radical (unpaired) electrons. The summed E-state index contributed by atoms with van der Waals surface area (Å²) < 4.78 is 9.43. The predicted molar refractivity (Wildman–Crippen MR) is 74.6 cm³/mol. The number of ether oxygens (including phenoxy) is 2. The van der Waals surface area contributed by atoms with Gasteiger partial charge in [0.1, 0.15) is 5.75 Å². The highest BCUT2D eigenvalue weighted by Gasteiger charge is 2.28. The quantitative estimate of drug-likeness (QED) is 0.438. The number of carbonyl (C=O) groups excluding carboxylic acids is 2. The lowest BCUT2D eigenvalue weighted by atomic mass is 10.1. The smallest absolute Gasteiger partial charge is 0.331 e. The first kappa shape index (κ1) is 17.4. The van der Waals surface area contributed by atoms with Crippen LogP contribution in [0.25, 0.3) is 0 Å². The van der Waals surface area contributed by atoms with Gasteiger partial charge in [-0.15, -0.1) is 0 Å². The summed E-state index contributed by atoms with van der Waals surface area (Å²) in [5.41, 5.74) is -0.254. The Balaban J connectivity index is 3.06. The van der Waals surface area contributed by atoms with Gasteiger partial charge in [-0.1, -0.05) is 0 Å². The molecular formula is C13H16N2O7. The average Bonchev–Trinajstić information content (AvgIpc) is 2.50. The molecule has 0 bridgehead atoms. The van der Waals surface area contributed by atoms with E-state index in [1.165, 1.54) is 20.1 Å². The Morgan fingerprint density at radius 3 is 2.45 bits per heavy atom. The fourth-order valence-corrected chi connectivity index (χ4v) is 1.70. The number of nitrogens with zero attached hydrogens (tertiary/aromatic N) is 1. The number of esters is 1. The minimum absolute atomic E-state index is 0.0114. The van der Waals surface area contributed by atoms with Gasteiger partial charge < -0.3 is 19.9 Å². The molecule has 2 atom stereocenters. The van der Waals surface area contributed by atoms with Crippen LogP contribution in [0, 0.1) is 10.1 Å². The van der Waals surface area contributed by atoms with Crippen LogP contribution in [0.4, 0.5) is 5.69 Å². The molecule has 1 aromatic rings. The number of hydrogen-bond donors (Lipinski definition) is 2. The second-order valence-electron chi connectivity index (χ2n) is 4.36. The highest BCUT2D eigenvalue weighted by Crippen LogP contribution is 2.24. The van der Waals surface area contributed by atoms with Gasteiger partial charge in [-0.2, -0.15) is 0 Å². The van der Waals surface area contributed by atoms with Gasteiger partial charge in [0, 0.05) is 6.07 Å². The molecule has 2 N–H and O–H groups in total. The molecule has 9 nitrogen and oxygen atoms in total. The molecular weight excluding hydrogens is 296 g/mol. The Hall–Kier alpha value is -2.68. The van der Waals surface area contributed by atoms with Crippen molar-refractivity contribution in [3.05, 3.63) is 33.9 Å². The lowest BCUT2D eigenvalue weighted by molar-refractivity contribution is -0.384. The molecule has 9 heteroatoms. The van der Waals surface area contributed by atoms with E-state index in [9.17, 15) is 24.8 Å². The number of rotatable bonds is 6. The molecule has 22 heavy (non-hydrogen) atoms. The fourth-order valence-electron chi connectivity index (χ4n) is 1.70. The van der Waals surface area contributed by atoms with E-state index in [2.05, 4.69) is 10.1 Å². The fraction of sp³-hybridized carbons (Fsp3) is 0.385.